The number of esters is 2. The van der Waals surface area contributed by atoms with Crippen LogP contribution in [0.15, 0.2) is 24.3 Å². The second-order valence-electron chi connectivity index (χ2n) is 15.3. The summed E-state index contributed by atoms with van der Waals surface area (Å²) < 4.78 is 36.6. The summed E-state index contributed by atoms with van der Waals surface area (Å²) in [7, 11) is 0. The predicted molar refractivity (Wildman–Crippen MR) is 236 cm³/mol. The molecule has 0 aliphatic carbocycles. The number of alkyl carbamates (subject to hydrolysis) is 5. The highest BCUT2D eigenvalue weighted by molar-refractivity contribution is 5.87. The Bertz CT molecular complexity index is 1280. The van der Waals surface area contributed by atoms with E-state index in [9.17, 15) is 33.6 Å². The molecule has 0 aromatic carbocycles. The van der Waals surface area contributed by atoms with E-state index in [0.717, 1.165) is 57.8 Å². The number of nitrogens with one attached hydrogen (secondary N) is 5. The van der Waals surface area contributed by atoms with Gasteiger partial charge < -0.3 is 59.7 Å². The van der Waals surface area contributed by atoms with Crippen LogP contribution in [0.5, 0.6) is 0 Å². The number of ether oxygens (including phenoxy) is 7. The van der Waals surface area contributed by atoms with Crippen LogP contribution in [0.1, 0.15) is 130 Å². The summed E-state index contributed by atoms with van der Waals surface area (Å²) in [6.45, 7) is 16.1. The molecule has 0 aliphatic rings. The van der Waals surface area contributed by atoms with Crippen LogP contribution < -0.4 is 26.6 Å². The van der Waals surface area contributed by atoms with Crippen molar-refractivity contribution in [2.45, 2.75) is 130 Å². The van der Waals surface area contributed by atoms with Gasteiger partial charge in [0.2, 0.25) is 0 Å². The molecule has 362 valence electrons. The van der Waals surface area contributed by atoms with Gasteiger partial charge in [0.15, 0.2) is 0 Å². The van der Waals surface area contributed by atoms with Crippen molar-refractivity contribution in [2.75, 3.05) is 79.0 Å². The molecule has 0 spiro atoms. The second kappa shape index (κ2) is 38.4. The highest BCUT2D eigenvalue weighted by Crippen LogP contribution is 2.24. The maximum atomic E-state index is 12.6. The lowest BCUT2D eigenvalue weighted by molar-refractivity contribution is -0.140. The van der Waals surface area contributed by atoms with Crippen LogP contribution in [0.4, 0.5) is 24.0 Å². The second-order valence-corrected chi connectivity index (χ2v) is 15.3. The summed E-state index contributed by atoms with van der Waals surface area (Å²) in [5.74, 6) is -0.966. The molecule has 0 aliphatic heterocycles. The van der Waals surface area contributed by atoms with Crippen molar-refractivity contribution in [3.8, 4) is 0 Å². The molecule has 0 atom stereocenters. The quantitative estimate of drug-likeness (QED) is 0.0180. The number of rotatable bonds is 37. The summed E-state index contributed by atoms with van der Waals surface area (Å²) in [6, 6.07) is 0. The first-order valence-electron chi connectivity index (χ1n) is 22.4. The Balaban J connectivity index is 4.55. The third kappa shape index (κ3) is 35.0. The average molecular weight is 900 g/mol. The molecule has 0 radical (unpaired) electrons. The number of amides is 5. The molecule has 0 aromatic heterocycles. The number of hydrogen-bond donors (Lipinski definition) is 5. The molecule has 19 heteroatoms. The Hall–Kier alpha value is -5.23. The number of carbonyl (C=O) groups is 7. The highest BCUT2D eigenvalue weighted by Gasteiger charge is 2.34. The number of unbranched alkanes of at least 4 members (excludes halogenated alkanes) is 10. The summed E-state index contributed by atoms with van der Waals surface area (Å²) in [4.78, 5) is 84.1. The van der Waals surface area contributed by atoms with Crippen molar-refractivity contribution >= 4 is 42.4 Å². The molecule has 0 fully saturated rings. The van der Waals surface area contributed by atoms with Gasteiger partial charge in [-0.25, -0.2) is 33.6 Å². The summed E-state index contributed by atoms with van der Waals surface area (Å²) in [6.07, 6.45) is 9.31. The summed E-state index contributed by atoms with van der Waals surface area (Å²) >= 11 is 0. The summed E-state index contributed by atoms with van der Waals surface area (Å²) in [5, 5.41) is 13.5. The minimum Gasteiger partial charge on any atom is -0.462 e. The predicted octanol–water partition coefficient (Wildman–Crippen LogP) is 7.12. The van der Waals surface area contributed by atoms with Gasteiger partial charge in [-0.15, -0.1) is 0 Å². The van der Waals surface area contributed by atoms with Gasteiger partial charge in [-0.05, 0) is 52.4 Å². The largest absolute Gasteiger partial charge is 0.462 e. The first kappa shape index (κ1) is 57.8. The molecule has 0 bridgehead atoms. The van der Waals surface area contributed by atoms with Crippen LogP contribution in [0.25, 0.3) is 0 Å². The fourth-order valence-corrected chi connectivity index (χ4v) is 5.25. The van der Waals surface area contributed by atoms with Gasteiger partial charge in [0.25, 0.3) is 0 Å². The van der Waals surface area contributed by atoms with E-state index in [0.29, 0.717) is 88.8 Å². The van der Waals surface area contributed by atoms with Crippen molar-refractivity contribution in [3.05, 3.63) is 24.3 Å². The van der Waals surface area contributed by atoms with Crippen molar-refractivity contribution in [2.24, 2.45) is 5.41 Å². The third-order valence-electron chi connectivity index (χ3n) is 9.32. The van der Waals surface area contributed by atoms with Crippen LogP contribution in [0.2, 0.25) is 0 Å². The van der Waals surface area contributed by atoms with E-state index in [2.05, 4.69) is 46.7 Å². The lowest BCUT2D eigenvalue weighted by Crippen LogP contribution is -2.42. The number of carbonyl (C=O) groups excluding carboxylic acids is 7. The molecule has 0 unspecified atom stereocenters. The Morgan fingerprint density at radius 3 is 0.921 bits per heavy atom. The molecular formula is C44H77N5O14. The molecule has 0 aromatic rings. The van der Waals surface area contributed by atoms with Gasteiger partial charge >= 0.3 is 42.4 Å². The van der Waals surface area contributed by atoms with Gasteiger partial charge in [0.1, 0.15) is 19.8 Å². The first-order chi connectivity index (χ1) is 30.2. The Kier molecular flexibility index (Phi) is 35.3. The van der Waals surface area contributed by atoms with E-state index >= 15 is 0 Å². The van der Waals surface area contributed by atoms with Crippen molar-refractivity contribution in [3.63, 3.8) is 0 Å². The SMILES string of the molecule is C=C(C)C(=O)OCCCOC(=O)NCCCCCCNC(=O)OCC(CC)(COC(=O)NCCCCCCC)COC(=O)NCCCCCCNC(=O)OCCCOC(=O)C(=C)C. The minimum atomic E-state index is -0.996. The van der Waals surface area contributed by atoms with Gasteiger partial charge in [-0.1, -0.05) is 78.4 Å². The van der Waals surface area contributed by atoms with E-state index in [1.807, 2.05) is 6.92 Å². The standard InChI is InChI=1S/C44H77N5O14/c1-7-9-10-11-16-25-47-41(54)61-32-44(8-2,33-62-42(55)48-26-19-14-12-17-23-45-39(52)59-30-21-28-57-37(50)35(3)4)34-63-43(56)49-27-20-15-13-18-24-46-40(53)60-31-22-29-58-38(51)36(5)6/h3,5,7-34H2,1-2,4,6H3,(H,45,52)(H,46,53)(H,47,54)(H,48,55)(H,49,56). The zero-order chi connectivity index (χ0) is 47.0. The van der Waals surface area contributed by atoms with E-state index in [1.54, 1.807) is 13.8 Å². The average Bonchev–Trinajstić information content (AvgIpc) is 3.25. The fraction of sp³-hybridized carbons (Fsp3) is 0.750. The minimum absolute atomic E-state index is 0.119. The molecular weight excluding hydrogens is 823 g/mol. The van der Waals surface area contributed by atoms with E-state index < -0.39 is 47.8 Å². The molecule has 5 amide bonds. The van der Waals surface area contributed by atoms with E-state index in [4.69, 9.17) is 33.2 Å². The zero-order valence-electron chi connectivity index (χ0n) is 38.4. The molecule has 5 N–H and O–H groups in total. The van der Waals surface area contributed by atoms with E-state index in [1.165, 1.54) is 0 Å². The van der Waals surface area contributed by atoms with Crippen molar-refractivity contribution < 1.29 is 66.7 Å². The van der Waals surface area contributed by atoms with Crippen LogP contribution in [-0.2, 0) is 42.7 Å². The van der Waals surface area contributed by atoms with Crippen LogP contribution in [0.3, 0.4) is 0 Å². The number of hydrogen-bond acceptors (Lipinski definition) is 14. The van der Waals surface area contributed by atoms with Gasteiger partial charge in [-0.3, -0.25) is 0 Å². The highest BCUT2D eigenvalue weighted by atomic mass is 16.6. The lowest BCUT2D eigenvalue weighted by atomic mass is 9.88. The topological polar surface area (TPSA) is 244 Å². The normalized spacial score (nSPS) is 10.7. The lowest BCUT2D eigenvalue weighted by Gasteiger charge is -2.31. The molecule has 0 saturated heterocycles. The van der Waals surface area contributed by atoms with Crippen molar-refractivity contribution in [1.29, 1.82) is 0 Å². The third-order valence-corrected chi connectivity index (χ3v) is 9.32. The fourth-order valence-electron chi connectivity index (χ4n) is 5.25. The van der Waals surface area contributed by atoms with Crippen LogP contribution in [0, 0.1) is 5.41 Å². The molecule has 0 rings (SSSR count). The Morgan fingerprint density at radius 1 is 0.381 bits per heavy atom. The van der Waals surface area contributed by atoms with E-state index in [-0.39, 0.29) is 46.2 Å². The molecule has 0 saturated carbocycles. The van der Waals surface area contributed by atoms with Gasteiger partial charge in [-0.2, -0.15) is 0 Å². The molecule has 0 heterocycles. The van der Waals surface area contributed by atoms with Crippen LogP contribution in [-0.4, -0.2) is 121 Å². The zero-order valence-corrected chi connectivity index (χ0v) is 38.4. The van der Waals surface area contributed by atoms with Crippen LogP contribution >= 0.6 is 0 Å². The maximum Gasteiger partial charge on any atom is 0.407 e. The van der Waals surface area contributed by atoms with Crippen molar-refractivity contribution in [1.82, 2.24) is 26.6 Å². The first-order valence-corrected chi connectivity index (χ1v) is 22.4. The van der Waals surface area contributed by atoms with Gasteiger partial charge in [0.05, 0.1) is 31.8 Å². The Morgan fingerprint density at radius 2 is 0.651 bits per heavy atom. The summed E-state index contributed by atoms with van der Waals surface area (Å²) in [5.41, 5.74) is -0.384. The molecule has 63 heavy (non-hydrogen) atoms. The maximum absolute atomic E-state index is 12.6. The smallest absolute Gasteiger partial charge is 0.407 e. The monoisotopic (exact) mass is 900 g/mol. The molecule has 19 nitrogen and oxygen atoms in total. The Labute approximate surface area is 374 Å². The van der Waals surface area contributed by atoms with Gasteiger partial charge in [0, 0.05) is 56.7 Å².